The Morgan fingerprint density at radius 2 is 1.92 bits per heavy atom. The molecule has 4 rings (SSSR count). The minimum absolute atomic E-state index is 0.165. The van der Waals surface area contributed by atoms with Gasteiger partial charge in [-0.25, -0.2) is 4.98 Å². The molecule has 0 aliphatic heterocycles. The van der Waals surface area contributed by atoms with Gasteiger partial charge in [-0.1, -0.05) is 24.8 Å². The number of methoxy groups -OCH3 is 1. The van der Waals surface area contributed by atoms with Crippen molar-refractivity contribution in [3.63, 3.8) is 0 Å². The van der Waals surface area contributed by atoms with E-state index in [0.717, 1.165) is 40.9 Å². The highest BCUT2D eigenvalue weighted by Crippen LogP contribution is 2.40. The maximum Gasteiger partial charge on any atom is 0.322 e. The van der Waals surface area contributed by atoms with Crippen LogP contribution in [0.2, 0.25) is 0 Å². The Labute approximate surface area is 217 Å². The first-order valence-electron chi connectivity index (χ1n) is 11.9. The molecule has 0 saturated carbocycles. The quantitative estimate of drug-likeness (QED) is 0.320. The molecule has 4 aromatic rings. The fourth-order valence-corrected chi connectivity index (χ4v) is 4.04. The molecule has 2 aromatic heterocycles. The van der Waals surface area contributed by atoms with Crippen molar-refractivity contribution < 1.29 is 14.3 Å². The van der Waals surface area contributed by atoms with Gasteiger partial charge >= 0.3 is 6.01 Å². The van der Waals surface area contributed by atoms with Crippen LogP contribution in [0.1, 0.15) is 0 Å². The van der Waals surface area contributed by atoms with Crippen LogP contribution in [0.15, 0.2) is 67.5 Å². The SMILES string of the molecule is C=CC(=O)Nc1cc(Oc2nccc(-c3cn(C)c4ccccc34)n2)c(OC)cc1N(C)CCN(C)C. The molecule has 1 amide bonds. The normalized spacial score (nSPS) is 11.0. The molecule has 0 saturated heterocycles. The Morgan fingerprint density at radius 1 is 1.14 bits per heavy atom. The van der Waals surface area contributed by atoms with Crippen LogP contribution < -0.4 is 19.7 Å². The van der Waals surface area contributed by atoms with E-state index in [-0.39, 0.29) is 11.9 Å². The van der Waals surface area contributed by atoms with Crippen molar-refractivity contribution in [3.05, 3.63) is 67.5 Å². The fraction of sp³-hybridized carbons (Fsp3) is 0.250. The van der Waals surface area contributed by atoms with Crippen LogP contribution in [0.5, 0.6) is 17.5 Å². The first-order chi connectivity index (χ1) is 17.8. The molecule has 9 nitrogen and oxygen atoms in total. The number of fused-ring (bicyclic) bond motifs is 1. The number of benzene rings is 2. The van der Waals surface area contributed by atoms with Gasteiger partial charge in [0.25, 0.3) is 0 Å². The number of amides is 1. The van der Waals surface area contributed by atoms with Gasteiger partial charge in [0.05, 0.1) is 24.2 Å². The molecule has 1 N–H and O–H groups in total. The third kappa shape index (κ3) is 5.73. The Balaban J connectivity index is 1.71. The zero-order valence-corrected chi connectivity index (χ0v) is 21.9. The summed E-state index contributed by atoms with van der Waals surface area (Å²) in [6.45, 7) is 5.14. The van der Waals surface area contributed by atoms with E-state index >= 15 is 0 Å². The van der Waals surface area contributed by atoms with Crippen LogP contribution in [0, 0.1) is 0 Å². The van der Waals surface area contributed by atoms with E-state index in [9.17, 15) is 4.79 Å². The molecule has 37 heavy (non-hydrogen) atoms. The average molecular weight is 501 g/mol. The van der Waals surface area contributed by atoms with Crippen LogP contribution in [-0.2, 0) is 11.8 Å². The minimum atomic E-state index is -0.326. The number of ether oxygens (including phenoxy) is 2. The van der Waals surface area contributed by atoms with Gasteiger partial charge in [0.1, 0.15) is 0 Å². The molecule has 0 aliphatic rings. The van der Waals surface area contributed by atoms with Crippen LogP contribution >= 0.6 is 0 Å². The molecule has 0 bridgehead atoms. The number of rotatable bonds is 10. The molecule has 0 unspecified atom stereocenters. The van der Waals surface area contributed by atoms with Gasteiger partial charge < -0.3 is 29.2 Å². The van der Waals surface area contributed by atoms with Gasteiger partial charge in [0, 0.05) is 68.2 Å². The first kappa shape index (κ1) is 25.7. The summed E-state index contributed by atoms with van der Waals surface area (Å²) in [5.74, 6) is 0.539. The molecule has 9 heteroatoms. The lowest BCUT2D eigenvalue weighted by molar-refractivity contribution is -0.111. The van der Waals surface area contributed by atoms with Crippen LogP contribution in [0.4, 0.5) is 11.4 Å². The molecular weight excluding hydrogens is 468 g/mol. The van der Waals surface area contributed by atoms with E-state index in [4.69, 9.17) is 9.47 Å². The third-order valence-corrected chi connectivity index (χ3v) is 6.03. The predicted octanol–water partition coefficient (Wildman–Crippen LogP) is 4.56. The van der Waals surface area contributed by atoms with Crippen molar-refractivity contribution in [2.75, 3.05) is 51.6 Å². The third-order valence-electron chi connectivity index (χ3n) is 6.03. The molecule has 2 heterocycles. The van der Waals surface area contributed by atoms with Gasteiger partial charge in [0.2, 0.25) is 5.91 Å². The number of anilines is 2. The lowest BCUT2D eigenvalue weighted by Gasteiger charge is -2.25. The van der Waals surface area contributed by atoms with Crippen LogP contribution in [0.3, 0.4) is 0 Å². The highest BCUT2D eigenvalue weighted by atomic mass is 16.5. The molecule has 0 fully saturated rings. The minimum Gasteiger partial charge on any atom is -0.493 e. The van der Waals surface area contributed by atoms with Crippen molar-refractivity contribution in [2.24, 2.45) is 7.05 Å². The second kappa shape index (κ2) is 11.1. The van der Waals surface area contributed by atoms with E-state index in [1.165, 1.54) is 6.08 Å². The van der Waals surface area contributed by atoms with E-state index in [0.29, 0.717) is 17.2 Å². The molecule has 0 spiro atoms. The molecular formula is C28H32N6O3. The maximum absolute atomic E-state index is 12.2. The number of hydrogen-bond acceptors (Lipinski definition) is 7. The molecule has 0 radical (unpaired) electrons. The zero-order valence-electron chi connectivity index (χ0n) is 21.9. The summed E-state index contributed by atoms with van der Waals surface area (Å²) < 4.78 is 13.8. The van der Waals surface area contributed by atoms with Gasteiger partial charge in [-0.15, -0.1) is 0 Å². The maximum atomic E-state index is 12.2. The summed E-state index contributed by atoms with van der Waals surface area (Å²) in [6.07, 6.45) is 4.93. The van der Waals surface area contributed by atoms with E-state index < -0.39 is 0 Å². The highest BCUT2D eigenvalue weighted by molar-refractivity contribution is 6.01. The second-order valence-corrected chi connectivity index (χ2v) is 8.94. The average Bonchev–Trinajstić information content (AvgIpc) is 3.24. The lowest BCUT2D eigenvalue weighted by Crippen LogP contribution is -2.29. The van der Waals surface area contributed by atoms with Crippen molar-refractivity contribution in [2.45, 2.75) is 0 Å². The Morgan fingerprint density at radius 3 is 2.65 bits per heavy atom. The topological polar surface area (TPSA) is 84.7 Å². The van der Waals surface area contributed by atoms with Gasteiger partial charge in [-0.3, -0.25) is 4.79 Å². The first-order valence-corrected chi connectivity index (χ1v) is 11.9. The summed E-state index contributed by atoms with van der Waals surface area (Å²) in [5.41, 5.74) is 4.17. The molecule has 2 aromatic carbocycles. The van der Waals surface area contributed by atoms with Gasteiger partial charge in [-0.2, -0.15) is 4.98 Å². The number of carbonyl (C=O) groups is 1. The number of nitrogens with zero attached hydrogens (tertiary/aromatic N) is 5. The van der Waals surface area contributed by atoms with Gasteiger partial charge in [-0.05, 0) is 32.3 Å². The standard InChI is InChI=1S/C28H32N6O3/c1-7-27(35)30-22-16-26(25(36-6)17-24(22)33(4)15-14-32(2)3)37-28-29-13-12-21(31-28)20-18-34(5)23-11-9-8-10-19(20)23/h7-13,16-18H,1,14-15H2,2-6H3,(H,30,35). The van der Waals surface area contributed by atoms with E-state index in [1.807, 2.05) is 63.6 Å². The van der Waals surface area contributed by atoms with Crippen molar-refractivity contribution in [3.8, 4) is 28.8 Å². The Hall–Kier alpha value is -4.37. The highest BCUT2D eigenvalue weighted by Gasteiger charge is 2.18. The van der Waals surface area contributed by atoms with Crippen molar-refractivity contribution in [1.82, 2.24) is 19.4 Å². The predicted molar refractivity (Wildman–Crippen MR) is 148 cm³/mol. The lowest BCUT2D eigenvalue weighted by atomic mass is 10.1. The number of aromatic nitrogens is 3. The van der Waals surface area contributed by atoms with Gasteiger partial charge in [0.15, 0.2) is 11.5 Å². The molecule has 0 aliphatic carbocycles. The molecule has 192 valence electrons. The number of para-hydroxylation sites is 1. The second-order valence-electron chi connectivity index (χ2n) is 8.94. The monoisotopic (exact) mass is 500 g/mol. The number of hydrogen-bond donors (Lipinski definition) is 1. The van der Waals surface area contributed by atoms with Crippen molar-refractivity contribution >= 4 is 28.2 Å². The number of carbonyl (C=O) groups excluding carboxylic acids is 1. The van der Waals surface area contributed by atoms with Crippen LogP contribution in [0.25, 0.3) is 22.2 Å². The molecule has 0 atom stereocenters. The Kier molecular flexibility index (Phi) is 7.74. The summed E-state index contributed by atoms with van der Waals surface area (Å²) in [4.78, 5) is 25.3. The summed E-state index contributed by atoms with van der Waals surface area (Å²) in [6, 6.07) is 13.7. The van der Waals surface area contributed by atoms with E-state index in [2.05, 4.69) is 43.5 Å². The van der Waals surface area contributed by atoms with E-state index in [1.54, 1.807) is 19.4 Å². The number of likely N-dealkylation sites (N-methyl/N-ethyl adjacent to an activating group) is 2. The largest absolute Gasteiger partial charge is 0.493 e. The number of nitrogens with one attached hydrogen (secondary N) is 1. The smallest absolute Gasteiger partial charge is 0.322 e. The summed E-state index contributed by atoms with van der Waals surface area (Å²) in [7, 11) is 9.56. The fourth-order valence-electron chi connectivity index (χ4n) is 4.04. The van der Waals surface area contributed by atoms with Crippen molar-refractivity contribution in [1.29, 1.82) is 0 Å². The Bertz CT molecular complexity index is 1430. The van der Waals surface area contributed by atoms with Crippen LogP contribution in [-0.4, -0.2) is 66.7 Å². The summed E-state index contributed by atoms with van der Waals surface area (Å²) in [5, 5.41) is 3.96. The summed E-state index contributed by atoms with van der Waals surface area (Å²) >= 11 is 0. The zero-order chi connectivity index (χ0) is 26.5. The number of aryl methyl sites for hydroxylation is 1.